The SMILES string of the molecule is CCC(C)N(CC(=O)N1CCc2sccc2C1c1ccc(F)cc1)C(=O)c1c(OC)cccc1OC. The summed E-state index contributed by atoms with van der Waals surface area (Å²) in [7, 11) is 3.01. The molecule has 0 spiro atoms. The zero-order valence-corrected chi connectivity index (χ0v) is 21.8. The van der Waals surface area contributed by atoms with Crippen LogP contribution in [0.15, 0.2) is 53.9 Å². The van der Waals surface area contributed by atoms with Gasteiger partial charge >= 0.3 is 0 Å². The number of hydrogen-bond donors (Lipinski definition) is 0. The van der Waals surface area contributed by atoms with E-state index in [1.165, 1.54) is 31.2 Å². The fourth-order valence-electron chi connectivity index (χ4n) is 4.68. The summed E-state index contributed by atoms with van der Waals surface area (Å²) in [5.74, 6) is -0.0186. The number of fused-ring (bicyclic) bond motifs is 1. The van der Waals surface area contributed by atoms with Crippen LogP contribution in [0.3, 0.4) is 0 Å². The molecule has 2 unspecified atom stereocenters. The van der Waals surface area contributed by atoms with Gasteiger partial charge < -0.3 is 19.3 Å². The summed E-state index contributed by atoms with van der Waals surface area (Å²) in [6, 6.07) is 13.0. The molecule has 2 atom stereocenters. The number of methoxy groups -OCH3 is 2. The first-order valence-electron chi connectivity index (χ1n) is 12.0. The topological polar surface area (TPSA) is 59.1 Å². The summed E-state index contributed by atoms with van der Waals surface area (Å²) in [6.45, 7) is 4.34. The van der Waals surface area contributed by atoms with Crippen LogP contribution in [-0.2, 0) is 11.2 Å². The Kier molecular flexibility index (Phi) is 7.94. The van der Waals surface area contributed by atoms with Gasteiger partial charge in [-0.1, -0.05) is 25.1 Å². The van der Waals surface area contributed by atoms with Gasteiger partial charge in [0.2, 0.25) is 5.91 Å². The van der Waals surface area contributed by atoms with Crippen LogP contribution in [-0.4, -0.2) is 55.0 Å². The van der Waals surface area contributed by atoms with Crippen molar-refractivity contribution in [1.29, 1.82) is 0 Å². The first-order valence-corrected chi connectivity index (χ1v) is 12.9. The quantitative estimate of drug-likeness (QED) is 0.412. The number of halogens is 1. The molecule has 2 amide bonds. The number of benzene rings is 2. The number of nitrogens with zero attached hydrogens (tertiary/aromatic N) is 2. The van der Waals surface area contributed by atoms with Gasteiger partial charge in [0.05, 0.1) is 20.3 Å². The molecule has 2 aromatic carbocycles. The average molecular weight is 511 g/mol. The smallest absolute Gasteiger partial charge is 0.262 e. The Balaban J connectivity index is 1.68. The molecule has 2 heterocycles. The van der Waals surface area contributed by atoms with Crippen LogP contribution in [0.1, 0.15) is 52.7 Å². The van der Waals surface area contributed by atoms with Crippen molar-refractivity contribution >= 4 is 23.2 Å². The standard InChI is InChI=1S/C28H31FN2O4S/c1-5-18(2)31(28(33)26-22(34-3)7-6-8-23(26)35-4)17-25(32)30-15-13-24-21(14-16-36-24)27(30)19-9-11-20(29)12-10-19/h6-12,14,16,18,27H,5,13,15,17H2,1-4H3. The van der Waals surface area contributed by atoms with E-state index in [9.17, 15) is 14.0 Å². The molecule has 0 aliphatic carbocycles. The fraction of sp³-hybridized carbons (Fsp3) is 0.357. The second-order valence-corrected chi connectivity index (χ2v) is 9.82. The van der Waals surface area contributed by atoms with E-state index in [4.69, 9.17) is 9.47 Å². The minimum Gasteiger partial charge on any atom is -0.496 e. The molecular formula is C28H31FN2O4S. The third-order valence-electron chi connectivity index (χ3n) is 6.80. The monoisotopic (exact) mass is 510 g/mol. The van der Waals surface area contributed by atoms with E-state index >= 15 is 0 Å². The molecule has 1 aliphatic heterocycles. The Labute approximate surface area is 215 Å². The van der Waals surface area contributed by atoms with Crippen LogP contribution in [0.4, 0.5) is 4.39 Å². The molecule has 0 saturated carbocycles. The van der Waals surface area contributed by atoms with Crippen molar-refractivity contribution in [1.82, 2.24) is 9.80 Å². The van der Waals surface area contributed by atoms with E-state index < -0.39 is 0 Å². The van der Waals surface area contributed by atoms with Crippen molar-refractivity contribution in [2.45, 2.75) is 38.8 Å². The van der Waals surface area contributed by atoms with Gasteiger partial charge in [-0.05, 0) is 66.6 Å². The highest BCUT2D eigenvalue weighted by molar-refractivity contribution is 7.10. The molecule has 190 valence electrons. The second-order valence-electron chi connectivity index (χ2n) is 8.82. The third-order valence-corrected chi connectivity index (χ3v) is 7.80. The van der Waals surface area contributed by atoms with Gasteiger partial charge in [0.15, 0.2) is 0 Å². The number of rotatable bonds is 8. The lowest BCUT2D eigenvalue weighted by molar-refractivity contribution is -0.134. The minimum atomic E-state index is -0.331. The second kappa shape index (κ2) is 11.1. The maximum atomic E-state index is 13.9. The number of amides is 2. The van der Waals surface area contributed by atoms with Gasteiger partial charge in [-0.2, -0.15) is 0 Å². The molecule has 1 aliphatic rings. The molecule has 4 rings (SSSR count). The average Bonchev–Trinajstić information content (AvgIpc) is 3.39. The molecule has 0 saturated heterocycles. The van der Waals surface area contributed by atoms with E-state index in [0.717, 1.165) is 17.5 Å². The predicted octanol–water partition coefficient (Wildman–Crippen LogP) is 5.32. The molecule has 1 aromatic heterocycles. The largest absolute Gasteiger partial charge is 0.496 e. The van der Waals surface area contributed by atoms with Crippen LogP contribution in [0.5, 0.6) is 11.5 Å². The summed E-state index contributed by atoms with van der Waals surface area (Å²) in [6.07, 6.45) is 1.42. The predicted molar refractivity (Wildman–Crippen MR) is 138 cm³/mol. The van der Waals surface area contributed by atoms with Crippen LogP contribution < -0.4 is 9.47 Å². The Bertz CT molecular complexity index is 1200. The van der Waals surface area contributed by atoms with E-state index in [0.29, 0.717) is 30.0 Å². The number of carbonyl (C=O) groups excluding carboxylic acids is 2. The van der Waals surface area contributed by atoms with Crippen molar-refractivity contribution < 1.29 is 23.5 Å². The Morgan fingerprint density at radius 1 is 1.11 bits per heavy atom. The lowest BCUT2D eigenvalue weighted by Crippen LogP contribution is -2.49. The Morgan fingerprint density at radius 3 is 2.39 bits per heavy atom. The summed E-state index contributed by atoms with van der Waals surface area (Å²) in [5.41, 5.74) is 2.19. The van der Waals surface area contributed by atoms with Crippen LogP contribution >= 0.6 is 11.3 Å². The highest BCUT2D eigenvalue weighted by atomic mass is 32.1. The third kappa shape index (κ3) is 4.95. The van der Waals surface area contributed by atoms with Crippen molar-refractivity contribution in [2.24, 2.45) is 0 Å². The molecule has 0 N–H and O–H groups in total. The van der Waals surface area contributed by atoms with Gasteiger partial charge in [-0.25, -0.2) is 4.39 Å². The highest BCUT2D eigenvalue weighted by Gasteiger charge is 2.35. The first kappa shape index (κ1) is 25.7. The molecule has 0 radical (unpaired) electrons. The van der Waals surface area contributed by atoms with Gasteiger partial charge in [0.1, 0.15) is 29.4 Å². The lowest BCUT2D eigenvalue weighted by atomic mass is 9.93. The Morgan fingerprint density at radius 2 is 1.78 bits per heavy atom. The lowest BCUT2D eigenvalue weighted by Gasteiger charge is -2.38. The van der Waals surface area contributed by atoms with Gasteiger partial charge in [0.25, 0.3) is 5.91 Å². The summed E-state index contributed by atoms with van der Waals surface area (Å²) < 4.78 is 24.6. The number of ether oxygens (including phenoxy) is 2. The summed E-state index contributed by atoms with van der Waals surface area (Å²) in [5, 5.41) is 2.03. The number of thiophene rings is 1. The van der Waals surface area contributed by atoms with Gasteiger partial charge in [0, 0.05) is 17.5 Å². The molecule has 6 nitrogen and oxygen atoms in total. The molecule has 3 aromatic rings. The van der Waals surface area contributed by atoms with Gasteiger partial charge in [-0.15, -0.1) is 11.3 Å². The van der Waals surface area contributed by atoms with Crippen molar-refractivity contribution in [3.63, 3.8) is 0 Å². The molecular weight excluding hydrogens is 479 g/mol. The summed E-state index contributed by atoms with van der Waals surface area (Å²) >= 11 is 1.67. The maximum Gasteiger partial charge on any atom is 0.262 e. The summed E-state index contributed by atoms with van der Waals surface area (Å²) in [4.78, 5) is 32.3. The first-order chi connectivity index (χ1) is 17.4. The van der Waals surface area contributed by atoms with Crippen molar-refractivity contribution in [2.75, 3.05) is 27.3 Å². The van der Waals surface area contributed by atoms with Gasteiger partial charge in [-0.3, -0.25) is 9.59 Å². The van der Waals surface area contributed by atoms with Crippen LogP contribution in [0, 0.1) is 5.82 Å². The minimum absolute atomic E-state index is 0.0911. The van der Waals surface area contributed by atoms with E-state index in [-0.39, 0.29) is 36.3 Å². The molecule has 0 bridgehead atoms. The van der Waals surface area contributed by atoms with Crippen LogP contribution in [0.25, 0.3) is 0 Å². The molecule has 0 fully saturated rings. The fourth-order valence-corrected chi connectivity index (χ4v) is 5.58. The van der Waals surface area contributed by atoms with Crippen molar-refractivity contribution in [3.8, 4) is 11.5 Å². The molecule has 36 heavy (non-hydrogen) atoms. The van der Waals surface area contributed by atoms with E-state index in [2.05, 4.69) is 0 Å². The Hall–Kier alpha value is -3.39. The highest BCUT2D eigenvalue weighted by Crippen LogP contribution is 2.38. The number of hydrogen-bond acceptors (Lipinski definition) is 5. The van der Waals surface area contributed by atoms with E-state index in [1.807, 2.05) is 30.2 Å². The van der Waals surface area contributed by atoms with Crippen molar-refractivity contribution in [3.05, 3.63) is 81.3 Å². The van der Waals surface area contributed by atoms with Crippen LogP contribution in [0.2, 0.25) is 0 Å². The maximum absolute atomic E-state index is 13.9. The van der Waals surface area contributed by atoms with E-state index in [1.54, 1.807) is 46.6 Å². The zero-order chi connectivity index (χ0) is 25.8. The number of carbonyl (C=O) groups is 2. The zero-order valence-electron chi connectivity index (χ0n) is 21.0. The molecule has 8 heteroatoms. The normalized spacial score (nSPS) is 15.7.